The van der Waals surface area contributed by atoms with Crippen LogP contribution in [0.3, 0.4) is 0 Å². The first-order chi connectivity index (χ1) is 11.9. The zero-order valence-corrected chi connectivity index (χ0v) is 16.6. The molecule has 8 atom stereocenters. The third-order valence-electron chi connectivity index (χ3n) is 9.46. The van der Waals surface area contributed by atoms with Crippen molar-refractivity contribution < 1.29 is 9.53 Å². The molecule has 2 heteroatoms. The Bertz CT molecular complexity index is 566. The molecule has 2 nitrogen and oxygen atoms in total. The largest absolute Gasteiger partial charge is 0.469 e. The van der Waals surface area contributed by atoms with Gasteiger partial charge in [0.2, 0.25) is 0 Å². The van der Waals surface area contributed by atoms with Gasteiger partial charge in [0, 0.05) is 0 Å². The molecule has 25 heavy (non-hydrogen) atoms. The molecule has 140 valence electrons. The Hall–Kier alpha value is -0.790. The fourth-order valence-electron chi connectivity index (χ4n) is 8.05. The monoisotopic (exact) mass is 344 g/mol. The van der Waals surface area contributed by atoms with Gasteiger partial charge in [0.05, 0.1) is 13.0 Å². The van der Waals surface area contributed by atoms with Crippen LogP contribution in [0.2, 0.25) is 0 Å². The van der Waals surface area contributed by atoms with Crippen LogP contribution in [0.15, 0.2) is 12.2 Å². The van der Waals surface area contributed by atoms with Gasteiger partial charge in [-0.25, -0.2) is 0 Å². The Labute approximate surface area is 153 Å². The third-order valence-corrected chi connectivity index (χ3v) is 9.46. The van der Waals surface area contributed by atoms with Gasteiger partial charge in [-0.3, -0.25) is 4.79 Å². The second-order valence-electron chi connectivity index (χ2n) is 10.1. The van der Waals surface area contributed by atoms with Crippen molar-refractivity contribution in [1.82, 2.24) is 0 Å². The summed E-state index contributed by atoms with van der Waals surface area (Å²) in [4.78, 5) is 12.2. The summed E-state index contributed by atoms with van der Waals surface area (Å²) in [7, 11) is 1.54. The topological polar surface area (TPSA) is 26.3 Å². The van der Waals surface area contributed by atoms with Gasteiger partial charge in [-0.05, 0) is 91.8 Å². The zero-order chi connectivity index (χ0) is 17.8. The van der Waals surface area contributed by atoms with Gasteiger partial charge in [0.25, 0.3) is 0 Å². The van der Waals surface area contributed by atoms with E-state index in [1.165, 1.54) is 51.4 Å². The number of carbonyl (C=O) groups is 1. The molecule has 0 aromatic rings. The molecule has 1 unspecified atom stereocenters. The van der Waals surface area contributed by atoms with Crippen molar-refractivity contribution in [3.05, 3.63) is 12.2 Å². The first kappa shape index (κ1) is 17.6. The lowest BCUT2D eigenvalue weighted by molar-refractivity contribution is -0.151. The highest BCUT2D eigenvalue weighted by molar-refractivity contribution is 5.72. The highest BCUT2D eigenvalue weighted by Crippen LogP contribution is 2.67. The minimum absolute atomic E-state index is 0.00193. The second kappa shape index (κ2) is 6.13. The van der Waals surface area contributed by atoms with E-state index >= 15 is 0 Å². The molecule has 3 fully saturated rings. The van der Waals surface area contributed by atoms with Gasteiger partial charge in [0.1, 0.15) is 0 Å². The van der Waals surface area contributed by atoms with Crippen molar-refractivity contribution in [3.63, 3.8) is 0 Å². The number of fused-ring (bicyclic) bond motifs is 5. The first-order valence-electron chi connectivity index (χ1n) is 10.6. The molecule has 4 aliphatic rings. The first-order valence-corrected chi connectivity index (χ1v) is 10.6. The van der Waals surface area contributed by atoms with E-state index in [2.05, 4.69) is 32.9 Å². The second-order valence-corrected chi connectivity index (χ2v) is 10.1. The molecular weight excluding hydrogens is 308 g/mol. The maximum absolute atomic E-state index is 12.2. The van der Waals surface area contributed by atoms with E-state index in [1.807, 2.05) is 0 Å². The minimum atomic E-state index is 0.00193. The van der Waals surface area contributed by atoms with Gasteiger partial charge >= 0.3 is 5.97 Å². The average molecular weight is 345 g/mol. The summed E-state index contributed by atoms with van der Waals surface area (Å²) in [5.41, 5.74) is 0.882. The molecule has 0 heterocycles. The maximum Gasteiger partial charge on any atom is 0.308 e. The molecule has 0 bridgehead atoms. The van der Waals surface area contributed by atoms with E-state index in [4.69, 9.17) is 4.74 Å². The lowest BCUT2D eigenvalue weighted by atomic mass is 9.45. The van der Waals surface area contributed by atoms with Gasteiger partial charge in [-0.1, -0.05) is 32.9 Å². The molecule has 0 radical (unpaired) electrons. The molecule has 4 aliphatic carbocycles. The molecule has 3 saturated carbocycles. The Morgan fingerprint density at radius 1 is 1.04 bits per heavy atom. The minimum Gasteiger partial charge on any atom is -0.469 e. The summed E-state index contributed by atoms with van der Waals surface area (Å²) in [5.74, 6) is 4.11. The Morgan fingerprint density at radius 2 is 1.80 bits per heavy atom. The fourth-order valence-corrected chi connectivity index (χ4v) is 8.05. The predicted molar refractivity (Wildman–Crippen MR) is 101 cm³/mol. The highest BCUT2D eigenvalue weighted by Gasteiger charge is 2.60. The fraction of sp³-hybridized carbons (Fsp3) is 0.870. The molecule has 0 aliphatic heterocycles. The number of rotatable bonds is 2. The standard InChI is InChI=1S/C23H36O2/c1-15(21(24)25-4)18-10-11-19-17-9-8-16-7-5-6-13-22(16,2)20(17)12-14-23(18,19)3/h5-6,15-20H,7-14H2,1-4H3/t15-,16?,17-,18+,19-,20-,22-,23+/m0/s1. The SMILES string of the molecule is COC(=O)[C@@H](C)[C@H]1CC[C@H]2[C@@H]3CCC4CC=CC[C@]4(C)[C@H]3CC[C@]12C. The van der Waals surface area contributed by atoms with Gasteiger partial charge in [0.15, 0.2) is 0 Å². The molecule has 4 rings (SSSR count). The summed E-state index contributed by atoms with van der Waals surface area (Å²) >= 11 is 0. The zero-order valence-electron chi connectivity index (χ0n) is 16.6. The van der Waals surface area contributed by atoms with Crippen molar-refractivity contribution in [2.24, 2.45) is 46.3 Å². The smallest absolute Gasteiger partial charge is 0.308 e. The molecule has 0 amide bonds. The van der Waals surface area contributed by atoms with Crippen LogP contribution in [0, 0.1) is 46.3 Å². The predicted octanol–water partition coefficient (Wildman–Crippen LogP) is 5.62. The average Bonchev–Trinajstić information content (AvgIpc) is 2.97. The number of allylic oxidation sites excluding steroid dienone is 2. The van der Waals surface area contributed by atoms with Crippen molar-refractivity contribution >= 4 is 5.97 Å². The van der Waals surface area contributed by atoms with E-state index in [1.54, 1.807) is 7.11 Å². The molecule has 0 aromatic carbocycles. The summed E-state index contributed by atoms with van der Waals surface area (Å²) in [6, 6.07) is 0. The van der Waals surface area contributed by atoms with Crippen LogP contribution < -0.4 is 0 Å². The van der Waals surface area contributed by atoms with Crippen LogP contribution in [-0.2, 0) is 9.53 Å². The van der Waals surface area contributed by atoms with Crippen LogP contribution in [0.4, 0.5) is 0 Å². The molecule has 0 saturated heterocycles. The van der Waals surface area contributed by atoms with Crippen LogP contribution in [0.25, 0.3) is 0 Å². The van der Waals surface area contributed by atoms with E-state index in [9.17, 15) is 4.79 Å². The van der Waals surface area contributed by atoms with Crippen molar-refractivity contribution in [1.29, 1.82) is 0 Å². The summed E-state index contributed by atoms with van der Waals surface area (Å²) in [6.07, 6.45) is 15.6. The number of methoxy groups -OCH3 is 1. The summed E-state index contributed by atoms with van der Waals surface area (Å²) < 4.78 is 5.10. The number of carbonyl (C=O) groups excluding carboxylic acids is 1. The quantitative estimate of drug-likeness (QED) is 0.480. The lowest BCUT2D eigenvalue weighted by Gasteiger charge is -2.60. The number of esters is 1. The van der Waals surface area contributed by atoms with E-state index in [-0.39, 0.29) is 11.9 Å². The van der Waals surface area contributed by atoms with E-state index in [0.717, 1.165) is 23.7 Å². The summed E-state index contributed by atoms with van der Waals surface area (Å²) in [6.45, 7) is 7.23. The van der Waals surface area contributed by atoms with Crippen molar-refractivity contribution in [3.8, 4) is 0 Å². The summed E-state index contributed by atoms with van der Waals surface area (Å²) in [5, 5.41) is 0. The van der Waals surface area contributed by atoms with Crippen molar-refractivity contribution in [2.75, 3.05) is 7.11 Å². The van der Waals surface area contributed by atoms with Gasteiger partial charge in [-0.2, -0.15) is 0 Å². The molecule has 0 spiro atoms. The lowest BCUT2D eigenvalue weighted by Crippen LogP contribution is -2.52. The van der Waals surface area contributed by atoms with E-state index in [0.29, 0.717) is 16.7 Å². The van der Waals surface area contributed by atoms with Gasteiger partial charge in [-0.15, -0.1) is 0 Å². The Kier molecular flexibility index (Phi) is 4.32. The number of hydrogen-bond acceptors (Lipinski definition) is 2. The normalized spacial score (nSPS) is 49.7. The van der Waals surface area contributed by atoms with Crippen LogP contribution in [0.1, 0.15) is 72.1 Å². The van der Waals surface area contributed by atoms with E-state index < -0.39 is 0 Å². The van der Waals surface area contributed by atoms with Crippen LogP contribution in [-0.4, -0.2) is 13.1 Å². The third kappa shape index (κ3) is 2.46. The van der Waals surface area contributed by atoms with Crippen LogP contribution >= 0.6 is 0 Å². The number of hydrogen-bond donors (Lipinski definition) is 0. The highest BCUT2D eigenvalue weighted by atomic mass is 16.5. The Morgan fingerprint density at radius 3 is 2.56 bits per heavy atom. The molecular formula is C23H36O2. The Balaban J connectivity index is 1.59. The van der Waals surface area contributed by atoms with Crippen LogP contribution in [0.5, 0.6) is 0 Å². The molecule has 0 aromatic heterocycles. The number of ether oxygens (including phenoxy) is 1. The maximum atomic E-state index is 12.2. The van der Waals surface area contributed by atoms with Gasteiger partial charge < -0.3 is 4.74 Å². The molecule has 0 N–H and O–H groups in total. The van der Waals surface area contributed by atoms with Crippen molar-refractivity contribution in [2.45, 2.75) is 72.1 Å².